The molecule has 0 aliphatic heterocycles. The van der Waals surface area contributed by atoms with E-state index < -0.39 is 0 Å². The molecule has 21 heavy (non-hydrogen) atoms. The Morgan fingerprint density at radius 3 is 2.67 bits per heavy atom. The highest BCUT2D eigenvalue weighted by Gasteiger charge is 2.03. The molecule has 2 aromatic carbocycles. The molecule has 0 aliphatic rings. The van der Waals surface area contributed by atoms with E-state index in [1.807, 2.05) is 30.3 Å². The average molecular weight is 361 g/mol. The second-order valence-corrected chi connectivity index (χ2v) is 6.38. The molecule has 0 heterocycles. The van der Waals surface area contributed by atoms with Gasteiger partial charge in [0.05, 0.1) is 11.6 Å². The molecule has 2 rings (SSSR count). The summed E-state index contributed by atoms with van der Waals surface area (Å²) in [7, 11) is 0. The minimum Gasteiger partial charge on any atom is -0.326 e. The smallest absolute Gasteiger partial charge is 0.225 e. The summed E-state index contributed by atoms with van der Waals surface area (Å²) >= 11 is 5.07. The number of carbonyl (C=O) groups is 1. The molecular formula is C16H13BrN2OS. The molecule has 0 fully saturated rings. The molecule has 3 nitrogen and oxygen atoms in total. The van der Waals surface area contributed by atoms with Crippen molar-refractivity contribution < 1.29 is 4.79 Å². The fourth-order valence-electron chi connectivity index (χ4n) is 1.67. The lowest BCUT2D eigenvalue weighted by atomic mass is 10.2. The molecule has 0 bridgehead atoms. The van der Waals surface area contributed by atoms with Crippen LogP contribution in [-0.2, 0) is 4.79 Å². The molecule has 106 valence electrons. The highest BCUT2D eigenvalue weighted by molar-refractivity contribution is 9.10. The lowest BCUT2D eigenvalue weighted by molar-refractivity contribution is -0.115. The van der Waals surface area contributed by atoms with E-state index in [1.54, 1.807) is 36.0 Å². The van der Waals surface area contributed by atoms with E-state index in [-0.39, 0.29) is 5.91 Å². The van der Waals surface area contributed by atoms with Crippen molar-refractivity contribution in [2.45, 2.75) is 11.3 Å². The van der Waals surface area contributed by atoms with Crippen LogP contribution in [0.15, 0.2) is 57.9 Å². The summed E-state index contributed by atoms with van der Waals surface area (Å²) in [5.41, 5.74) is 1.30. The molecule has 0 aromatic heterocycles. The zero-order valence-corrected chi connectivity index (χ0v) is 13.6. The Morgan fingerprint density at radius 1 is 1.24 bits per heavy atom. The topological polar surface area (TPSA) is 52.9 Å². The second kappa shape index (κ2) is 7.87. The number of rotatable bonds is 5. The summed E-state index contributed by atoms with van der Waals surface area (Å²) in [6.07, 6.45) is 0.442. The quantitative estimate of drug-likeness (QED) is 0.801. The van der Waals surface area contributed by atoms with Crippen molar-refractivity contribution in [3.05, 3.63) is 58.6 Å². The number of nitrogens with one attached hydrogen (secondary N) is 1. The van der Waals surface area contributed by atoms with Crippen molar-refractivity contribution in [3.63, 3.8) is 0 Å². The van der Waals surface area contributed by atoms with Gasteiger partial charge < -0.3 is 5.32 Å². The molecule has 1 amide bonds. The fourth-order valence-corrected chi connectivity index (χ4v) is 3.13. The molecule has 0 unspecified atom stereocenters. The molecule has 5 heteroatoms. The number of nitriles is 1. The first-order valence-electron chi connectivity index (χ1n) is 6.36. The van der Waals surface area contributed by atoms with Gasteiger partial charge in [0.15, 0.2) is 0 Å². The molecule has 0 saturated carbocycles. The number of nitrogens with zero attached hydrogens (tertiary/aromatic N) is 1. The Morgan fingerprint density at radius 2 is 2.00 bits per heavy atom. The maximum absolute atomic E-state index is 11.8. The third-order valence-corrected chi connectivity index (χ3v) is 4.18. The van der Waals surface area contributed by atoms with Gasteiger partial charge in [0.1, 0.15) is 0 Å². The molecule has 1 N–H and O–H groups in total. The van der Waals surface area contributed by atoms with Gasteiger partial charge in [0.2, 0.25) is 5.91 Å². The van der Waals surface area contributed by atoms with Gasteiger partial charge >= 0.3 is 0 Å². The van der Waals surface area contributed by atoms with Gasteiger partial charge in [-0.2, -0.15) is 5.26 Å². The molecule has 0 spiro atoms. The van der Waals surface area contributed by atoms with E-state index in [1.165, 1.54) is 0 Å². The SMILES string of the molecule is N#Cc1ccc(NC(=O)CCSc2cccc(Br)c2)cc1. The number of hydrogen-bond acceptors (Lipinski definition) is 3. The summed E-state index contributed by atoms with van der Waals surface area (Å²) in [6, 6.07) is 16.9. The van der Waals surface area contributed by atoms with Crippen LogP contribution in [0.3, 0.4) is 0 Å². The number of benzene rings is 2. The van der Waals surface area contributed by atoms with Crippen LogP contribution in [0.4, 0.5) is 5.69 Å². The summed E-state index contributed by atoms with van der Waals surface area (Å²) < 4.78 is 1.04. The molecular weight excluding hydrogens is 348 g/mol. The van der Waals surface area contributed by atoms with E-state index in [9.17, 15) is 4.79 Å². The predicted octanol–water partition coefficient (Wildman–Crippen LogP) is 4.44. The Balaban J connectivity index is 1.78. The van der Waals surface area contributed by atoms with E-state index in [0.29, 0.717) is 17.7 Å². The molecule has 0 atom stereocenters. The molecule has 0 radical (unpaired) electrons. The molecule has 2 aromatic rings. The van der Waals surface area contributed by atoms with Gasteiger partial charge in [-0.15, -0.1) is 11.8 Å². The Labute approximate surface area is 136 Å². The van der Waals surface area contributed by atoms with Crippen LogP contribution < -0.4 is 5.32 Å². The van der Waals surface area contributed by atoms with Crippen molar-refractivity contribution in [1.82, 2.24) is 0 Å². The van der Waals surface area contributed by atoms with Crippen LogP contribution in [0.5, 0.6) is 0 Å². The molecule has 0 saturated heterocycles. The Hall–Kier alpha value is -1.77. The van der Waals surface area contributed by atoms with E-state index >= 15 is 0 Å². The van der Waals surface area contributed by atoms with Gasteiger partial charge in [0, 0.05) is 27.2 Å². The van der Waals surface area contributed by atoms with Crippen molar-refractivity contribution in [2.75, 3.05) is 11.1 Å². The number of amides is 1. The van der Waals surface area contributed by atoms with Crippen molar-refractivity contribution in [3.8, 4) is 6.07 Å². The largest absolute Gasteiger partial charge is 0.326 e. The Kier molecular flexibility index (Phi) is 5.85. The van der Waals surface area contributed by atoms with Gasteiger partial charge in [-0.3, -0.25) is 4.79 Å². The van der Waals surface area contributed by atoms with Crippen LogP contribution in [0.2, 0.25) is 0 Å². The summed E-state index contributed by atoms with van der Waals surface area (Å²) in [5.74, 6) is 0.695. The number of anilines is 1. The van der Waals surface area contributed by atoms with Gasteiger partial charge in [-0.1, -0.05) is 22.0 Å². The number of carbonyl (C=O) groups excluding carboxylic acids is 1. The van der Waals surface area contributed by atoms with E-state index in [4.69, 9.17) is 5.26 Å². The number of thioether (sulfide) groups is 1. The van der Waals surface area contributed by atoms with Crippen LogP contribution >= 0.6 is 27.7 Å². The summed E-state index contributed by atoms with van der Waals surface area (Å²) in [5, 5.41) is 11.5. The predicted molar refractivity (Wildman–Crippen MR) is 89.3 cm³/mol. The summed E-state index contributed by atoms with van der Waals surface area (Å²) in [4.78, 5) is 13.0. The van der Waals surface area contributed by atoms with Crippen molar-refractivity contribution in [1.29, 1.82) is 5.26 Å². The van der Waals surface area contributed by atoms with Crippen LogP contribution in [0.25, 0.3) is 0 Å². The average Bonchev–Trinajstić information content (AvgIpc) is 2.48. The minimum atomic E-state index is -0.0257. The summed E-state index contributed by atoms with van der Waals surface area (Å²) in [6.45, 7) is 0. The first kappa shape index (κ1) is 15.6. The fraction of sp³-hybridized carbons (Fsp3) is 0.125. The number of hydrogen-bond donors (Lipinski definition) is 1. The van der Waals surface area contributed by atoms with Crippen LogP contribution in [0, 0.1) is 11.3 Å². The van der Waals surface area contributed by atoms with Gasteiger partial charge in [0.25, 0.3) is 0 Å². The van der Waals surface area contributed by atoms with E-state index in [0.717, 1.165) is 15.1 Å². The number of halogens is 1. The third-order valence-electron chi connectivity index (χ3n) is 2.69. The van der Waals surface area contributed by atoms with Crippen LogP contribution in [0.1, 0.15) is 12.0 Å². The zero-order valence-electron chi connectivity index (χ0n) is 11.2. The first-order chi connectivity index (χ1) is 10.2. The monoisotopic (exact) mass is 360 g/mol. The highest BCUT2D eigenvalue weighted by Crippen LogP contribution is 2.22. The first-order valence-corrected chi connectivity index (χ1v) is 8.13. The maximum atomic E-state index is 11.8. The molecule has 0 aliphatic carbocycles. The normalized spacial score (nSPS) is 9.90. The zero-order chi connectivity index (χ0) is 15.1. The van der Waals surface area contributed by atoms with Crippen LogP contribution in [-0.4, -0.2) is 11.7 Å². The minimum absolute atomic E-state index is 0.0257. The lowest BCUT2D eigenvalue weighted by Gasteiger charge is -2.05. The van der Waals surface area contributed by atoms with Gasteiger partial charge in [-0.05, 0) is 42.5 Å². The van der Waals surface area contributed by atoms with Crippen molar-refractivity contribution in [2.24, 2.45) is 0 Å². The second-order valence-electron chi connectivity index (χ2n) is 4.29. The van der Waals surface area contributed by atoms with E-state index in [2.05, 4.69) is 21.2 Å². The van der Waals surface area contributed by atoms with Gasteiger partial charge in [-0.25, -0.2) is 0 Å². The highest BCUT2D eigenvalue weighted by atomic mass is 79.9. The Bertz CT molecular complexity index is 665. The maximum Gasteiger partial charge on any atom is 0.225 e. The van der Waals surface area contributed by atoms with Crippen molar-refractivity contribution >= 4 is 39.3 Å². The lowest BCUT2D eigenvalue weighted by Crippen LogP contribution is -2.12. The third kappa shape index (κ3) is 5.25. The standard InChI is InChI=1S/C16H13BrN2OS/c17-13-2-1-3-15(10-13)21-9-8-16(20)19-14-6-4-12(11-18)5-7-14/h1-7,10H,8-9H2,(H,19,20).